The van der Waals surface area contributed by atoms with E-state index >= 15 is 0 Å². The van der Waals surface area contributed by atoms with Gasteiger partial charge in [-0.05, 0) is 42.7 Å². The Kier molecular flexibility index (Phi) is 6.15. The molecule has 138 valence electrons. The summed E-state index contributed by atoms with van der Waals surface area (Å²) < 4.78 is 0. The zero-order chi connectivity index (χ0) is 19.1. The van der Waals surface area contributed by atoms with Crippen molar-refractivity contribution in [3.63, 3.8) is 0 Å². The first-order valence-corrected chi connectivity index (χ1v) is 9.15. The summed E-state index contributed by atoms with van der Waals surface area (Å²) in [6.07, 6.45) is 4.37. The highest BCUT2D eigenvalue weighted by Gasteiger charge is 2.12. The summed E-state index contributed by atoms with van der Waals surface area (Å²) in [5.41, 5.74) is 3.51. The maximum atomic E-state index is 12.3. The van der Waals surface area contributed by atoms with Crippen LogP contribution in [0.5, 0.6) is 5.75 Å². The number of benzene rings is 2. The Hall–Kier alpha value is -3.21. The Morgan fingerprint density at radius 1 is 1.04 bits per heavy atom. The first-order valence-electron chi connectivity index (χ1n) is 9.15. The summed E-state index contributed by atoms with van der Waals surface area (Å²) >= 11 is 0. The van der Waals surface area contributed by atoms with Gasteiger partial charge in [-0.25, -0.2) is 9.97 Å². The van der Waals surface area contributed by atoms with Gasteiger partial charge in [-0.15, -0.1) is 0 Å². The van der Waals surface area contributed by atoms with Crippen molar-refractivity contribution in [1.29, 1.82) is 0 Å². The van der Waals surface area contributed by atoms with Crippen LogP contribution in [0.25, 0.3) is 11.3 Å². The smallest absolute Gasteiger partial charge is 0.225 e. The molecule has 0 aliphatic rings. The molecule has 2 aromatic carbocycles. The number of nitrogens with zero attached hydrogens (tertiary/aromatic N) is 2. The number of amides is 1. The van der Waals surface area contributed by atoms with E-state index in [2.05, 4.69) is 22.2 Å². The molecule has 0 atom stereocenters. The fourth-order valence-electron chi connectivity index (χ4n) is 2.81. The Morgan fingerprint density at radius 2 is 1.78 bits per heavy atom. The topological polar surface area (TPSA) is 75.1 Å². The number of phenolic OH excluding ortho intramolecular Hbond substituents is 1. The molecule has 3 rings (SSSR count). The third-order valence-corrected chi connectivity index (χ3v) is 4.24. The van der Waals surface area contributed by atoms with Crippen LogP contribution < -0.4 is 5.32 Å². The molecule has 1 heterocycles. The van der Waals surface area contributed by atoms with Crippen molar-refractivity contribution in [3.05, 3.63) is 72.1 Å². The van der Waals surface area contributed by atoms with E-state index < -0.39 is 0 Å². The largest absolute Gasteiger partial charge is 0.508 e. The van der Waals surface area contributed by atoms with Crippen LogP contribution in [0, 0.1) is 0 Å². The number of aromatic hydroxyl groups is 1. The van der Waals surface area contributed by atoms with Crippen molar-refractivity contribution < 1.29 is 9.90 Å². The maximum absolute atomic E-state index is 12.3. The van der Waals surface area contributed by atoms with Crippen LogP contribution in [0.3, 0.4) is 0 Å². The van der Waals surface area contributed by atoms with Gasteiger partial charge in [0.1, 0.15) is 5.75 Å². The van der Waals surface area contributed by atoms with Gasteiger partial charge in [0.05, 0.1) is 17.6 Å². The van der Waals surface area contributed by atoms with E-state index in [0.29, 0.717) is 18.7 Å². The second kappa shape index (κ2) is 8.94. The number of hydrogen-bond acceptors (Lipinski definition) is 4. The molecule has 3 aromatic rings. The van der Waals surface area contributed by atoms with Gasteiger partial charge >= 0.3 is 0 Å². The number of phenols is 1. The highest BCUT2D eigenvalue weighted by molar-refractivity contribution is 5.90. The molecule has 0 radical (unpaired) electrons. The van der Waals surface area contributed by atoms with E-state index in [0.717, 1.165) is 35.4 Å². The molecule has 1 aromatic heterocycles. The van der Waals surface area contributed by atoms with E-state index in [1.807, 2.05) is 30.3 Å². The molecule has 0 aliphatic carbocycles. The lowest BCUT2D eigenvalue weighted by Crippen LogP contribution is -2.16. The Labute approximate surface area is 159 Å². The Bertz CT molecular complexity index is 893. The Balaban J connectivity index is 1.72. The van der Waals surface area contributed by atoms with Crippen molar-refractivity contribution in [3.8, 4) is 17.0 Å². The average Bonchev–Trinajstić information content (AvgIpc) is 2.69. The number of aryl methyl sites for hydroxylation is 2. The molecule has 1 amide bonds. The number of aromatic nitrogens is 2. The molecular formula is C22H23N3O2. The predicted octanol–water partition coefficient (Wildman–Crippen LogP) is 4.37. The molecule has 0 bridgehead atoms. The number of carbonyl (C=O) groups is 1. The minimum absolute atomic E-state index is 0.0668. The monoisotopic (exact) mass is 361 g/mol. The minimum Gasteiger partial charge on any atom is -0.508 e. The normalized spacial score (nSPS) is 10.6. The zero-order valence-corrected chi connectivity index (χ0v) is 15.4. The minimum atomic E-state index is -0.0668. The summed E-state index contributed by atoms with van der Waals surface area (Å²) in [7, 11) is 0. The number of nitrogens with one attached hydrogen (secondary N) is 1. The molecule has 0 unspecified atom stereocenters. The first-order chi connectivity index (χ1) is 13.2. The summed E-state index contributed by atoms with van der Waals surface area (Å²) in [6.45, 7) is 2.07. The van der Waals surface area contributed by atoms with Gasteiger partial charge in [0.2, 0.25) is 5.91 Å². The second-order valence-electron chi connectivity index (χ2n) is 6.38. The van der Waals surface area contributed by atoms with E-state index in [4.69, 9.17) is 0 Å². The Morgan fingerprint density at radius 3 is 2.48 bits per heavy atom. The standard InChI is InChI=1S/C22H23N3O2/c1-2-6-19-22(25-21(27)14-9-16-7-4-3-5-8-16)23-15-20(24-19)17-10-12-18(26)13-11-17/h3-5,7-8,10-13,15,26H,2,6,9,14H2,1H3,(H,23,25,27). The van der Waals surface area contributed by atoms with E-state index in [9.17, 15) is 9.90 Å². The highest BCUT2D eigenvalue weighted by atomic mass is 16.3. The first kappa shape index (κ1) is 18.6. The number of anilines is 1. The summed E-state index contributed by atoms with van der Waals surface area (Å²) in [5, 5.41) is 12.3. The second-order valence-corrected chi connectivity index (χ2v) is 6.38. The lowest BCUT2D eigenvalue weighted by molar-refractivity contribution is -0.116. The van der Waals surface area contributed by atoms with Crippen LogP contribution in [0.4, 0.5) is 5.82 Å². The maximum Gasteiger partial charge on any atom is 0.225 e. The van der Waals surface area contributed by atoms with Crippen molar-refractivity contribution in [2.45, 2.75) is 32.6 Å². The summed E-state index contributed by atoms with van der Waals surface area (Å²) in [4.78, 5) is 21.4. The van der Waals surface area contributed by atoms with Crippen molar-refractivity contribution >= 4 is 11.7 Å². The van der Waals surface area contributed by atoms with Gasteiger partial charge in [0, 0.05) is 12.0 Å². The van der Waals surface area contributed by atoms with Crippen LogP contribution in [-0.4, -0.2) is 21.0 Å². The SMILES string of the molecule is CCCc1nc(-c2ccc(O)cc2)cnc1NC(=O)CCc1ccccc1. The van der Waals surface area contributed by atoms with Gasteiger partial charge in [0.15, 0.2) is 5.82 Å². The molecule has 27 heavy (non-hydrogen) atoms. The van der Waals surface area contributed by atoms with Crippen molar-refractivity contribution in [2.24, 2.45) is 0 Å². The quantitative estimate of drug-likeness (QED) is 0.655. The molecule has 0 saturated carbocycles. The van der Waals surface area contributed by atoms with Gasteiger partial charge in [-0.2, -0.15) is 0 Å². The van der Waals surface area contributed by atoms with E-state index in [1.165, 1.54) is 0 Å². The average molecular weight is 361 g/mol. The van der Waals surface area contributed by atoms with E-state index in [-0.39, 0.29) is 11.7 Å². The van der Waals surface area contributed by atoms with Gasteiger partial charge in [-0.3, -0.25) is 4.79 Å². The van der Waals surface area contributed by atoms with Crippen molar-refractivity contribution in [1.82, 2.24) is 9.97 Å². The molecule has 5 heteroatoms. The lowest BCUT2D eigenvalue weighted by Gasteiger charge is -2.11. The van der Waals surface area contributed by atoms with Crippen LogP contribution >= 0.6 is 0 Å². The van der Waals surface area contributed by atoms with Crippen LogP contribution in [0.2, 0.25) is 0 Å². The number of carbonyl (C=O) groups excluding carboxylic acids is 1. The number of rotatable bonds is 7. The lowest BCUT2D eigenvalue weighted by atomic mass is 10.1. The molecule has 0 saturated heterocycles. The van der Waals surface area contributed by atoms with Gasteiger partial charge < -0.3 is 10.4 Å². The molecule has 0 aliphatic heterocycles. The number of hydrogen-bond donors (Lipinski definition) is 2. The van der Waals surface area contributed by atoms with E-state index in [1.54, 1.807) is 30.5 Å². The zero-order valence-electron chi connectivity index (χ0n) is 15.4. The fourth-order valence-corrected chi connectivity index (χ4v) is 2.81. The van der Waals surface area contributed by atoms with Crippen LogP contribution in [-0.2, 0) is 17.6 Å². The molecule has 0 spiro atoms. The fraction of sp³-hybridized carbons (Fsp3) is 0.227. The summed E-state index contributed by atoms with van der Waals surface area (Å²) in [6, 6.07) is 16.8. The molecule has 0 fully saturated rings. The van der Waals surface area contributed by atoms with Gasteiger partial charge in [0.25, 0.3) is 0 Å². The van der Waals surface area contributed by atoms with Crippen LogP contribution in [0.15, 0.2) is 60.8 Å². The van der Waals surface area contributed by atoms with Crippen LogP contribution in [0.1, 0.15) is 31.0 Å². The highest BCUT2D eigenvalue weighted by Crippen LogP contribution is 2.22. The third kappa shape index (κ3) is 5.14. The summed E-state index contributed by atoms with van der Waals surface area (Å²) in [5.74, 6) is 0.670. The third-order valence-electron chi connectivity index (χ3n) is 4.24. The molecular weight excluding hydrogens is 338 g/mol. The predicted molar refractivity (Wildman–Crippen MR) is 107 cm³/mol. The molecule has 5 nitrogen and oxygen atoms in total. The molecule has 2 N–H and O–H groups in total. The van der Waals surface area contributed by atoms with Gasteiger partial charge in [-0.1, -0.05) is 43.7 Å². The van der Waals surface area contributed by atoms with Crippen molar-refractivity contribution in [2.75, 3.05) is 5.32 Å².